The first-order valence-electron chi connectivity index (χ1n) is 5.97. The molecular formula is C14H16N4. The SMILES string of the molecule is Cc1nccn1CCNCc1ccc(C#N)cc1. The third kappa shape index (κ3) is 3.19. The molecule has 0 saturated heterocycles. The molecule has 0 bridgehead atoms. The van der Waals surface area contributed by atoms with E-state index in [2.05, 4.69) is 20.9 Å². The Morgan fingerprint density at radius 1 is 1.33 bits per heavy atom. The quantitative estimate of drug-likeness (QED) is 0.811. The molecule has 0 amide bonds. The minimum Gasteiger partial charge on any atom is -0.334 e. The minimum atomic E-state index is 0.702. The van der Waals surface area contributed by atoms with E-state index in [1.165, 1.54) is 5.56 Å². The molecule has 1 N–H and O–H groups in total. The van der Waals surface area contributed by atoms with Crippen molar-refractivity contribution in [1.29, 1.82) is 5.26 Å². The van der Waals surface area contributed by atoms with Crippen LogP contribution in [-0.2, 0) is 13.1 Å². The maximum Gasteiger partial charge on any atom is 0.105 e. The number of nitriles is 1. The van der Waals surface area contributed by atoms with Crippen molar-refractivity contribution in [2.45, 2.75) is 20.0 Å². The number of imidazole rings is 1. The Balaban J connectivity index is 1.75. The van der Waals surface area contributed by atoms with Crippen LogP contribution in [-0.4, -0.2) is 16.1 Å². The Kier molecular flexibility index (Phi) is 4.11. The van der Waals surface area contributed by atoms with E-state index in [4.69, 9.17) is 5.26 Å². The number of nitrogens with zero attached hydrogens (tertiary/aromatic N) is 3. The Hall–Kier alpha value is -2.12. The summed E-state index contributed by atoms with van der Waals surface area (Å²) in [6, 6.07) is 9.76. The molecule has 0 aliphatic carbocycles. The van der Waals surface area contributed by atoms with Crippen LogP contribution in [0.15, 0.2) is 36.7 Å². The first-order chi connectivity index (χ1) is 8.79. The van der Waals surface area contributed by atoms with E-state index in [0.717, 1.165) is 25.5 Å². The largest absolute Gasteiger partial charge is 0.334 e. The Bertz CT molecular complexity index is 534. The van der Waals surface area contributed by atoms with Crippen LogP contribution in [0.25, 0.3) is 0 Å². The molecule has 0 atom stereocenters. The van der Waals surface area contributed by atoms with Crippen LogP contribution in [0, 0.1) is 18.3 Å². The molecule has 0 saturated carbocycles. The molecule has 4 nitrogen and oxygen atoms in total. The number of rotatable bonds is 5. The fourth-order valence-corrected chi connectivity index (χ4v) is 1.77. The van der Waals surface area contributed by atoms with Gasteiger partial charge in [0, 0.05) is 32.0 Å². The van der Waals surface area contributed by atoms with Crippen molar-refractivity contribution < 1.29 is 0 Å². The average molecular weight is 240 g/mol. The Labute approximate surface area is 107 Å². The lowest BCUT2D eigenvalue weighted by Gasteiger charge is -2.07. The fraction of sp³-hybridized carbons (Fsp3) is 0.286. The second-order valence-electron chi connectivity index (χ2n) is 4.15. The van der Waals surface area contributed by atoms with E-state index < -0.39 is 0 Å². The molecule has 1 heterocycles. The lowest BCUT2D eigenvalue weighted by Crippen LogP contribution is -2.19. The number of benzene rings is 1. The highest BCUT2D eigenvalue weighted by Gasteiger charge is 1.97. The summed E-state index contributed by atoms with van der Waals surface area (Å²) in [6.45, 7) is 4.64. The Morgan fingerprint density at radius 2 is 2.11 bits per heavy atom. The zero-order valence-corrected chi connectivity index (χ0v) is 10.4. The second kappa shape index (κ2) is 5.99. The van der Waals surface area contributed by atoms with Gasteiger partial charge in [0.05, 0.1) is 11.6 Å². The van der Waals surface area contributed by atoms with Crippen LogP contribution in [0.5, 0.6) is 0 Å². The van der Waals surface area contributed by atoms with Crippen molar-refractivity contribution in [2.75, 3.05) is 6.54 Å². The van der Waals surface area contributed by atoms with Crippen LogP contribution < -0.4 is 5.32 Å². The van der Waals surface area contributed by atoms with Gasteiger partial charge in [-0.15, -0.1) is 0 Å². The standard InChI is InChI=1S/C14H16N4/c1-12-17-7-9-18(12)8-6-16-11-14-4-2-13(10-15)3-5-14/h2-5,7,9,16H,6,8,11H2,1H3. The third-order valence-corrected chi connectivity index (χ3v) is 2.87. The van der Waals surface area contributed by atoms with Crippen LogP contribution in [0.3, 0.4) is 0 Å². The van der Waals surface area contributed by atoms with E-state index >= 15 is 0 Å². The normalized spacial score (nSPS) is 10.2. The summed E-state index contributed by atoms with van der Waals surface area (Å²) in [5.74, 6) is 1.04. The maximum atomic E-state index is 8.70. The molecule has 2 aromatic rings. The summed E-state index contributed by atoms with van der Waals surface area (Å²) in [4.78, 5) is 4.18. The van der Waals surface area contributed by atoms with Crippen molar-refractivity contribution in [1.82, 2.24) is 14.9 Å². The molecule has 1 aromatic heterocycles. The highest BCUT2D eigenvalue weighted by atomic mass is 15.1. The van der Waals surface area contributed by atoms with Crippen molar-refractivity contribution in [2.24, 2.45) is 0 Å². The maximum absolute atomic E-state index is 8.70. The van der Waals surface area contributed by atoms with Crippen LogP contribution in [0.1, 0.15) is 17.0 Å². The molecular weight excluding hydrogens is 224 g/mol. The van der Waals surface area contributed by atoms with Crippen LogP contribution in [0.2, 0.25) is 0 Å². The predicted octanol–water partition coefficient (Wildman–Crippen LogP) is 1.85. The molecule has 1 aromatic carbocycles. The number of hydrogen-bond acceptors (Lipinski definition) is 3. The molecule has 0 aliphatic rings. The fourth-order valence-electron chi connectivity index (χ4n) is 1.77. The third-order valence-electron chi connectivity index (χ3n) is 2.87. The van der Waals surface area contributed by atoms with Gasteiger partial charge >= 0.3 is 0 Å². The average Bonchev–Trinajstić information content (AvgIpc) is 2.81. The molecule has 0 spiro atoms. The summed E-state index contributed by atoms with van der Waals surface area (Å²) in [5, 5.41) is 12.1. The van der Waals surface area contributed by atoms with Gasteiger partial charge in [0.15, 0.2) is 0 Å². The van der Waals surface area contributed by atoms with Gasteiger partial charge in [0.2, 0.25) is 0 Å². The van der Waals surface area contributed by atoms with Gasteiger partial charge in [0.25, 0.3) is 0 Å². The summed E-state index contributed by atoms with van der Waals surface area (Å²) in [5.41, 5.74) is 1.89. The second-order valence-corrected chi connectivity index (χ2v) is 4.15. The zero-order chi connectivity index (χ0) is 12.8. The number of hydrogen-bond donors (Lipinski definition) is 1. The van der Waals surface area contributed by atoms with Gasteiger partial charge in [-0.05, 0) is 24.6 Å². The molecule has 4 heteroatoms. The smallest absolute Gasteiger partial charge is 0.105 e. The van der Waals surface area contributed by atoms with Gasteiger partial charge in [-0.2, -0.15) is 5.26 Å². The minimum absolute atomic E-state index is 0.702. The number of aromatic nitrogens is 2. The monoisotopic (exact) mass is 240 g/mol. The highest BCUT2D eigenvalue weighted by molar-refractivity contribution is 5.31. The number of nitrogens with one attached hydrogen (secondary N) is 1. The number of aryl methyl sites for hydroxylation is 1. The predicted molar refractivity (Wildman–Crippen MR) is 69.8 cm³/mol. The van der Waals surface area contributed by atoms with E-state index in [-0.39, 0.29) is 0 Å². The van der Waals surface area contributed by atoms with E-state index in [9.17, 15) is 0 Å². The van der Waals surface area contributed by atoms with Crippen LogP contribution >= 0.6 is 0 Å². The molecule has 0 unspecified atom stereocenters. The van der Waals surface area contributed by atoms with E-state index in [1.807, 2.05) is 43.6 Å². The van der Waals surface area contributed by atoms with Gasteiger partial charge in [-0.3, -0.25) is 0 Å². The van der Waals surface area contributed by atoms with Crippen molar-refractivity contribution in [3.05, 3.63) is 53.6 Å². The highest BCUT2D eigenvalue weighted by Crippen LogP contribution is 2.02. The lowest BCUT2D eigenvalue weighted by molar-refractivity contribution is 0.587. The molecule has 0 radical (unpaired) electrons. The Morgan fingerprint density at radius 3 is 2.72 bits per heavy atom. The summed E-state index contributed by atoms with van der Waals surface area (Å²) in [7, 11) is 0. The van der Waals surface area contributed by atoms with E-state index in [1.54, 1.807) is 0 Å². The molecule has 0 fully saturated rings. The molecule has 92 valence electrons. The van der Waals surface area contributed by atoms with Crippen molar-refractivity contribution in [3.63, 3.8) is 0 Å². The topological polar surface area (TPSA) is 53.6 Å². The zero-order valence-electron chi connectivity index (χ0n) is 10.4. The van der Waals surface area contributed by atoms with Gasteiger partial charge < -0.3 is 9.88 Å². The van der Waals surface area contributed by atoms with Gasteiger partial charge in [0.1, 0.15) is 5.82 Å². The van der Waals surface area contributed by atoms with Crippen molar-refractivity contribution in [3.8, 4) is 6.07 Å². The molecule has 18 heavy (non-hydrogen) atoms. The van der Waals surface area contributed by atoms with Crippen LogP contribution in [0.4, 0.5) is 0 Å². The summed E-state index contributed by atoms with van der Waals surface area (Å²) in [6.07, 6.45) is 3.80. The summed E-state index contributed by atoms with van der Waals surface area (Å²) < 4.78 is 2.12. The van der Waals surface area contributed by atoms with Crippen molar-refractivity contribution >= 4 is 0 Å². The van der Waals surface area contributed by atoms with Gasteiger partial charge in [-0.1, -0.05) is 12.1 Å². The molecule has 2 rings (SSSR count). The van der Waals surface area contributed by atoms with E-state index in [0.29, 0.717) is 5.56 Å². The first kappa shape index (κ1) is 12.3. The first-order valence-corrected chi connectivity index (χ1v) is 5.97. The molecule has 0 aliphatic heterocycles. The lowest BCUT2D eigenvalue weighted by atomic mass is 10.1. The summed E-state index contributed by atoms with van der Waals surface area (Å²) >= 11 is 0. The van der Waals surface area contributed by atoms with Gasteiger partial charge in [-0.25, -0.2) is 4.98 Å².